The molecule has 0 aromatic heterocycles. The van der Waals surface area contributed by atoms with Gasteiger partial charge in [-0.2, -0.15) is 0 Å². The Morgan fingerprint density at radius 1 is 2.00 bits per heavy atom. The quantitative estimate of drug-likeness (QED) is 0.401. The first-order valence-corrected chi connectivity index (χ1v) is 1.86. The van der Waals surface area contributed by atoms with Crippen LogP contribution < -0.4 is 0 Å². The molecular formula is C4H6N2. The predicted octanol–water partition coefficient (Wildman–Crippen LogP) is -0.00111. The van der Waals surface area contributed by atoms with Crippen molar-refractivity contribution in [3.05, 3.63) is 6.54 Å². The summed E-state index contributed by atoms with van der Waals surface area (Å²) in [6.07, 6.45) is 1.75. The van der Waals surface area contributed by atoms with Gasteiger partial charge in [0, 0.05) is 7.05 Å². The fourth-order valence-electron chi connectivity index (χ4n) is 0.356. The maximum atomic E-state index is 3.85. The number of hydrogen-bond donors (Lipinski definition) is 0. The molecule has 0 saturated heterocycles. The second-order valence-corrected chi connectivity index (χ2v) is 1.23. The van der Waals surface area contributed by atoms with Crippen LogP contribution in [-0.2, 0) is 0 Å². The van der Waals surface area contributed by atoms with Crippen LogP contribution in [0.25, 0.3) is 0 Å². The average molecular weight is 82.1 g/mol. The van der Waals surface area contributed by atoms with Gasteiger partial charge in [-0.3, -0.25) is 4.99 Å². The van der Waals surface area contributed by atoms with Gasteiger partial charge in [-0.1, -0.05) is 0 Å². The lowest BCUT2D eigenvalue weighted by Crippen LogP contribution is -2.05. The molecule has 0 aromatic rings. The van der Waals surface area contributed by atoms with Crippen LogP contribution in [0.5, 0.6) is 0 Å². The molecule has 0 unspecified atom stereocenters. The summed E-state index contributed by atoms with van der Waals surface area (Å²) in [7, 11) is 1.91. The third-order valence-electron chi connectivity index (χ3n) is 0.666. The molecule has 0 atom stereocenters. The lowest BCUT2D eigenvalue weighted by Gasteiger charge is -1.97. The molecule has 2 nitrogen and oxygen atoms in total. The third-order valence-corrected chi connectivity index (χ3v) is 0.666. The van der Waals surface area contributed by atoms with Gasteiger partial charge in [-0.05, 0) is 0 Å². The molecule has 0 aromatic carbocycles. The van der Waals surface area contributed by atoms with Crippen LogP contribution in [0.15, 0.2) is 4.99 Å². The maximum Gasteiger partial charge on any atom is 0.115 e. The highest BCUT2D eigenvalue weighted by Crippen LogP contribution is 1.90. The number of likely N-dealkylation sites (N-methyl/N-ethyl adjacent to an activating group) is 1. The van der Waals surface area contributed by atoms with Crippen LogP contribution in [0, 0.1) is 6.54 Å². The zero-order valence-corrected chi connectivity index (χ0v) is 3.68. The first-order valence-electron chi connectivity index (χ1n) is 1.86. The summed E-state index contributed by atoms with van der Waals surface area (Å²) in [6, 6.07) is 0. The van der Waals surface area contributed by atoms with Crippen molar-refractivity contribution in [1.29, 1.82) is 0 Å². The van der Waals surface area contributed by atoms with E-state index in [9.17, 15) is 0 Å². The van der Waals surface area contributed by atoms with Gasteiger partial charge in [0.05, 0.1) is 12.9 Å². The van der Waals surface area contributed by atoms with Crippen LogP contribution in [0.1, 0.15) is 0 Å². The minimum Gasteiger partial charge on any atom is -0.353 e. The molecule has 2 heteroatoms. The van der Waals surface area contributed by atoms with Crippen molar-refractivity contribution in [3.63, 3.8) is 0 Å². The minimum atomic E-state index is 0.733. The Hall–Kier alpha value is -0.530. The van der Waals surface area contributed by atoms with Gasteiger partial charge in [0.2, 0.25) is 0 Å². The van der Waals surface area contributed by atoms with Crippen molar-refractivity contribution >= 4 is 6.34 Å². The fourth-order valence-corrected chi connectivity index (χ4v) is 0.356. The van der Waals surface area contributed by atoms with Gasteiger partial charge in [0.1, 0.15) is 6.54 Å². The zero-order valence-electron chi connectivity index (χ0n) is 3.68. The van der Waals surface area contributed by atoms with E-state index in [-0.39, 0.29) is 0 Å². The van der Waals surface area contributed by atoms with Crippen LogP contribution in [0.2, 0.25) is 0 Å². The third kappa shape index (κ3) is 0.506. The zero-order chi connectivity index (χ0) is 4.41. The molecule has 0 aliphatic carbocycles. The molecular weight excluding hydrogens is 76.1 g/mol. The molecule has 0 bridgehead atoms. The molecule has 1 heterocycles. The Morgan fingerprint density at radius 3 is 3.00 bits per heavy atom. The number of aliphatic imine (C=N–C) groups is 1. The summed E-state index contributed by atoms with van der Waals surface area (Å²) >= 11 is 0. The summed E-state index contributed by atoms with van der Waals surface area (Å²) in [5, 5.41) is 0. The first-order chi connectivity index (χ1) is 2.89. The van der Waals surface area contributed by atoms with Gasteiger partial charge in [0.15, 0.2) is 0 Å². The van der Waals surface area contributed by atoms with Crippen molar-refractivity contribution in [1.82, 2.24) is 4.90 Å². The summed E-state index contributed by atoms with van der Waals surface area (Å²) < 4.78 is 0. The summed E-state index contributed by atoms with van der Waals surface area (Å²) in [5.74, 6) is 0. The van der Waals surface area contributed by atoms with Gasteiger partial charge >= 0.3 is 0 Å². The van der Waals surface area contributed by atoms with Crippen LogP contribution >= 0.6 is 0 Å². The molecule has 2 radical (unpaired) electrons. The second-order valence-electron chi connectivity index (χ2n) is 1.23. The van der Waals surface area contributed by atoms with E-state index in [0.717, 1.165) is 6.54 Å². The first kappa shape index (κ1) is 3.65. The van der Waals surface area contributed by atoms with Crippen molar-refractivity contribution < 1.29 is 0 Å². The largest absolute Gasteiger partial charge is 0.353 e. The molecule has 0 N–H and O–H groups in total. The lowest BCUT2D eigenvalue weighted by molar-refractivity contribution is 0.656. The smallest absolute Gasteiger partial charge is 0.115 e. The molecule has 1 rings (SSSR count). The van der Waals surface area contributed by atoms with Gasteiger partial charge < -0.3 is 4.90 Å². The summed E-state index contributed by atoms with van der Waals surface area (Å²) in [6.45, 7) is 3.66. The minimum absolute atomic E-state index is 0.733. The molecule has 0 amide bonds. The average Bonchev–Trinajstić information content (AvgIpc) is 1.86. The van der Waals surface area contributed by atoms with E-state index in [0.29, 0.717) is 0 Å². The molecule has 0 spiro atoms. The van der Waals surface area contributed by atoms with Crippen molar-refractivity contribution in [2.45, 2.75) is 0 Å². The Morgan fingerprint density at radius 2 is 2.83 bits per heavy atom. The Balaban J connectivity index is 2.38. The van der Waals surface area contributed by atoms with E-state index in [1.165, 1.54) is 0 Å². The van der Waals surface area contributed by atoms with E-state index in [1.54, 1.807) is 6.34 Å². The summed E-state index contributed by atoms with van der Waals surface area (Å²) in [4.78, 5) is 5.67. The van der Waals surface area contributed by atoms with E-state index in [2.05, 4.69) is 11.5 Å². The van der Waals surface area contributed by atoms with E-state index >= 15 is 0 Å². The maximum absolute atomic E-state index is 3.85. The summed E-state index contributed by atoms with van der Waals surface area (Å²) in [5.41, 5.74) is 0. The fraction of sp³-hybridized carbons (Fsp3) is 0.500. The van der Waals surface area contributed by atoms with Gasteiger partial charge in [0.25, 0.3) is 0 Å². The van der Waals surface area contributed by atoms with Crippen LogP contribution in [0.3, 0.4) is 0 Å². The topological polar surface area (TPSA) is 15.6 Å². The monoisotopic (exact) mass is 82.1 g/mol. The molecule has 32 valence electrons. The molecule has 6 heavy (non-hydrogen) atoms. The number of nitrogens with zero attached hydrogens (tertiary/aromatic N) is 2. The normalized spacial score (nSPS) is 19.8. The highest BCUT2D eigenvalue weighted by molar-refractivity contribution is 5.57. The number of hydrogen-bond acceptors (Lipinski definition) is 2. The van der Waals surface area contributed by atoms with Gasteiger partial charge in [-0.25, -0.2) is 0 Å². The lowest BCUT2D eigenvalue weighted by atomic mass is 10.6. The Kier molecular flexibility index (Phi) is 0.783. The molecule has 1 aliphatic heterocycles. The highest BCUT2D eigenvalue weighted by Gasteiger charge is 1.96. The molecule has 1 aliphatic rings. The van der Waals surface area contributed by atoms with Crippen LogP contribution in [0.4, 0.5) is 0 Å². The van der Waals surface area contributed by atoms with E-state index in [4.69, 9.17) is 0 Å². The predicted molar refractivity (Wildman–Crippen MR) is 24.4 cm³/mol. The van der Waals surface area contributed by atoms with Gasteiger partial charge in [-0.15, -0.1) is 0 Å². The van der Waals surface area contributed by atoms with Crippen molar-refractivity contribution in [3.8, 4) is 0 Å². The number of rotatable bonds is 0. The second kappa shape index (κ2) is 1.29. The van der Waals surface area contributed by atoms with Crippen molar-refractivity contribution in [2.75, 3.05) is 13.6 Å². The van der Waals surface area contributed by atoms with E-state index in [1.807, 2.05) is 11.9 Å². The van der Waals surface area contributed by atoms with Crippen molar-refractivity contribution in [2.24, 2.45) is 4.99 Å². The Bertz CT molecular complexity index is 67.9. The van der Waals surface area contributed by atoms with E-state index < -0.39 is 0 Å². The standard InChI is InChI=1S/C4H6N2/c1-6-3-2-5-4-6/h4H,2H2,1H3. The molecule has 0 fully saturated rings. The molecule has 0 saturated carbocycles. The Labute approximate surface area is 37.5 Å². The van der Waals surface area contributed by atoms with Crippen LogP contribution in [-0.4, -0.2) is 24.8 Å². The highest BCUT2D eigenvalue weighted by atomic mass is 15.2. The SMILES string of the molecule is CN1[C]CN=C1.